The Bertz CT molecular complexity index is 847. The highest BCUT2D eigenvalue weighted by atomic mass is 35.5. The fraction of sp³-hybridized carbons (Fsp3) is 0.0625. The lowest BCUT2D eigenvalue weighted by molar-refractivity contribution is -0.452. The van der Waals surface area contributed by atoms with Crippen molar-refractivity contribution >= 4 is 45.9 Å². The van der Waals surface area contributed by atoms with Gasteiger partial charge < -0.3 is 0 Å². The number of nitrogens with zero attached hydrogens (tertiary/aromatic N) is 1. The van der Waals surface area contributed by atoms with Gasteiger partial charge in [0.25, 0.3) is 0 Å². The first-order valence-electron chi connectivity index (χ1n) is 6.73. The highest BCUT2D eigenvalue weighted by molar-refractivity contribution is 7.74. The maximum absolute atomic E-state index is 12.1. The number of rotatable bonds is 4. The smallest absolute Gasteiger partial charge is 0.220 e. The first-order valence-corrected chi connectivity index (χ1v) is 8.14. The summed E-state index contributed by atoms with van der Waals surface area (Å²) in [7, 11) is 0. The summed E-state index contributed by atoms with van der Waals surface area (Å²) in [6.07, 6.45) is 1.92. The molecule has 118 valence electrons. The van der Waals surface area contributed by atoms with Crippen LogP contribution < -0.4 is 0 Å². The van der Waals surface area contributed by atoms with E-state index >= 15 is 0 Å². The van der Waals surface area contributed by atoms with Crippen molar-refractivity contribution in [2.75, 3.05) is 0 Å². The molecule has 0 amide bonds. The Morgan fingerprint density at radius 3 is 2.61 bits per heavy atom. The third-order valence-electron chi connectivity index (χ3n) is 3.55. The summed E-state index contributed by atoms with van der Waals surface area (Å²) in [5, 5.41) is 12.6. The van der Waals surface area contributed by atoms with Gasteiger partial charge in [0.2, 0.25) is 11.4 Å². The number of hydrogen-bond acceptors (Lipinski definition) is 4. The van der Waals surface area contributed by atoms with Gasteiger partial charge in [0.1, 0.15) is 0 Å². The molecule has 1 aliphatic heterocycles. The molecule has 2 aromatic carbocycles. The first kappa shape index (κ1) is 16.0. The van der Waals surface area contributed by atoms with Gasteiger partial charge in [0, 0.05) is 18.0 Å². The van der Waals surface area contributed by atoms with Crippen molar-refractivity contribution in [2.45, 2.75) is 6.92 Å². The Labute approximate surface area is 140 Å². The van der Waals surface area contributed by atoms with E-state index in [0.29, 0.717) is 16.4 Å². The summed E-state index contributed by atoms with van der Waals surface area (Å²) < 4.78 is 17.9. The topological polar surface area (TPSA) is 58.8 Å². The molecule has 3 rings (SSSR count). The zero-order valence-electron chi connectivity index (χ0n) is 12.1. The normalized spacial score (nSPS) is 16.7. The summed E-state index contributed by atoms with van der Waals surface area (Å²) in [6.45, 7) is 1.81. The number of benzene rings is 2. The van der Waals surface area contributed by atoms with Crippen molar-refractivity contribution in [3.63, 3.8) is 0 Å². The Hall–Kier alpha value is -1.83. The van der Waals surface area contributed by atoms with Gasteiger partial charge in [-0.25, -0.2) is 5.26 Å². The fourth-order valence-corrected chi connectivity index (χ4v) is 3.49. The summed E-state index contributed by atoms with van der Waals surface area (Å²) in [6, 6.07) is 14.9. The molecule has 7 heteroatoms. The second-order valence-electron chi connectivity index (χ2n) is 4.84. The standard InChI is InChI=1S/C16H12ClNO4S/c1-11-14(10-12-6-2-4-8-15(12)17)13-7-3-5-9-16(13)18(11)23(20)22-21-19/h2-10H,1H3/p+1. The number of allylic oxidation sites excluding steroid dienone is 1. The van der Waals surface area contributed by atoms with E-state index in [1.807, 2.05) is 54.6 Å². The largest absolute Gasteiger partial charge is 0.478 e. The first-order chi connectivity index (χ1) is 11.1. The number of hydrogen-bond donors (Lipinski definition) is 1. The van der Waals surface area contributed by atoms with Crippen LogP contribution in [-0.4, -0.2) is 19.2 Å². The van der Waals surface area contributed by atoms with E-state index < -0.39 is 11.3 Å². The van der Waals surface area contributed by atoms with Crippen molar-refractivity contribution < 1.29 is 22.8 Å². The number of fused-ring (bicyclic) bond motifs is 1. The highest BCUT2D eigenvalue weighted by Crippen LogP contribution is 2.37. The molecule has 0 saturated carbocycles. The Morgan fingerprint density at radius 2 is 1.87 bits per heavy atom. The van der Waals surface area contributed by atoms with Crippen molar-refractivity contribution in [3.8, 4) is 0 Å². The summed E-state index contributed by atoms with van der Waals surface area (Å²) in [5.74, 6) is 0. The van der Waals surface area contributed by atoms with Crippen molar-refractivity contribution in [1.29, 1.82) is 0 Å². The van der Waals surface area contributed by atoms with Crippen LogP contribution in [0.4, 0.5) is 5.69 Å². The van der Waals surface area contributed by atoms with Crippen LogP contribution in [0, 0.1) is 0 Å². The zero-order valence-corrected chi connectivity index (χ0v) is 13.7. The zero-order chi connectivity index (χ0) is 16.4. The van der Waals surface area contributed by atoms with E-state index in [9.17, 15) is 4.21 Å². The minimum Gasteiger partial charge on any atom is -0.220 e. The second-order valence-corrected chi connectivity index (χ2v) is 6.18. The number of halogens is 1. The highest BCUT2D eigenvalue weighted by Gasteiger charge is 2.37. The molecule has 1 aliphatic rings. The van der Waals surface area contributed by atoms with Crippen LogP contribution >= 0.6 is 11.6 Å². The predicted molar refractivity (Wildman–Crippen MR) is 89.3 cm³/mol. The molecule has 0 fully saturated rings. The minimum atomic E-state index is -2.02. The molecule has 5 nitrogen and oxygen atoms in total. The van der Waals surface area contributed by atoms with Gasteiger partial charge in [-0.2, -0.15) is 4.21 Å². The van der Waals surface area contributed by atoms with Crippen LogP contribution in [0.25, 0.3) is 11.6 Å². The van der Waals surface area contributed by atoms with Crippen LogP contribution in [0.2, 0.25) is 5.02 Å². The maximum Gasteiger partial charge on any atom is 0.478 e. The number of para-hydroxylation sites is 1. The lowest BCUT2D eigenvalue weighted by atomic mass is 10.0. The van der Waals surface area contributed by atoms with Gasteiger partial charge in [-0.15, -0.1) is 0 Å². The molecule has 1 heterocycles. The molecule has 0 bridgehead atoms. The van der Waals surface area contributed by atoms with Gasteiger partial charge in [0.05, 0.1) is 11.1 Å². The van der Waals surface area contributed by atoms with Gasteiger partial charge in [0.15, 0.2) is 0 Å². The van der Waals surface area contributed by atoms with E-state index in [1.165, 1.54) is 3.98 Å². The van der Waals surface area contributed by atoms with E-state index in [0.717, 1.165) is 16.7 Å². The lowest BCUT2D eigenvalue weighted by Gasteiger charge is -2.00. The molecule has 1 atom stereocenters. The molecule has 0 saturated heterocycles. The maximum atomic E-state index is 12.1. The summed E-state index contributed by atoms with van der Waals surface area (Å²) >= 11 is 4.20. The van der Waals surface area contributed by atoms with Crippen LogP contribution in [0.3, 0.4) is 0 Å². The lowest BCUT2D eigenvalue weighted by Crippen LogP contribution is -2.15. The van der Waals surface area contributed by atoms with E-state index in [1.54, 1.807) is 6.92 Å². The van der Waals surface area contributed by atoms with E-state index in [-0.39, 0.29) is 0 Å². The second kappa shape index (κ2) is 6.74. The summed E-state index contributed by atoms with van der Waals surface area (Å²) in [4.78, 5) is 0. The van der Waals surface area contributed by atoms with Crippen molar-refractivity contribution in [1.82, 2.24) is 0 Å². The van der Waals surface area contributed by atoms with Gasteiger partial charge in [-0.3, -0.25) is 0 Å². The van der Waals surface area contributed by atoms with Crippen molar-refractivity contribution in [2.24, 2.45) is 0 Å². The SMILES string of the molecule is CC1=[N+](S(=O)OOO)c2ccccc2C1=Cc1ccccc1Cl. The van der Waals surface area contributed by atoms with Gasteiger partial charge >= 0.3 is 11.3 Å². The third kappa shape index (κ3) is 2.99. The Morgan fingerprint density at radius 1 is 1.17 bits per heavy atom. The molecule has 1 unspecified atom stereocenters. The minimum absolute atomic E-state index is 0.625. The monoisotopic (exact) mass is 350 g/mol. The van der Waals surface area contributed by atoms with E-state index in [2.05, 4.69) is 9.37 Å². The Balaban J connectivity index is 2.18. The molecule has 0 radical (unpaired) electrons. The van der Waals surface area contributed by atoms with Crippen LogP contribution in [0.1, 0.15) is 18.1 Å². The molecule has 2 aromatic rings. The molecule has 0 aromatic heterocycles. The third-order valence-corrected chi connectivity index (χ3v) is 4.84. The van der Waals surface area contributed by atoms with Crippen molar-refractivity contribution in [3.05, 3.63) is 64.7 Å². The quantitative estimate of drug-likeness (QED) is 0.514. The Kier molecular flexibility index (Phi) is 4.70. The van der Waals surface area contributed by atoms with Gasteiger partial charge in [-0.1, -0.05) is 51.0 Å². The molecular weight excluding hydrogens is 338 g/mol. The average Bonchev–Trinajstić information content (AvgIpc) is 2.82. The molecule has 0 spiro atoms. The molecular formula is C16H13ClNO4S+. The van der Waals surface area contributed by atoms with Crippen LogP contribution in [0.5, 0.6) is 0 Å². The van der Waals surface area contributed by atoms with E-state index in [4.69, 9.17) is 16.9 Å². The molecule has 1 N–H and O–H groups in total. The van der Waals surface area contributed by atoms with Crippen LogP contribution in [-0.2, 0) is 20.6 Å². The van der Waals surface area contributed by atoms with Crippen LogP contribution in [0.15, 0.2) is 48.5 Å². The average molecular weight is 351 g/mol. The van der Waals surface area contributed by atoms with Gasteiger partial charge in [-0.05, 0) is 28.1 Å². The summed E-state index contributed by atoms with van der Waals surface area (Å²) in [5.41, 5.74) is 3.99. The predicted octanol–water partition coefficient (Wildman–Crippen LogP) is 4.00. The molecule has 23 heavy (non-hydrogen) atoms. The molecule has 0 aliphatic carbocycles. The fourth-order valence-electron chi connectivity index (χ4n) is 2.54.